The molecular formula is C14H20N4O2S. The number of pyridine rings is 1. The van der Waals surface area contributed by atoms with E-state index in [0.29, 0.717) is 18.2 Å². The topological polar surface area (TPSA) is 86.1 Å². The van der Waals surface area contributed by atoms with E-state index in [9.17, 15) is 8.42 Å². The van der Waals surface area contributed by atoms with E-state index in [4.69, 9.17) is 5.26 Å². The van der Waals surface area contributed by atoms with Crippen LogP contribution in [0.15, 0.2) is 18.3 Å². The number of nitriles is 1. The summed E-state index contributed by atoms with van der Waals surface area (Å²) in [5.41, 5.74) is 0.552. The molecule has 21 heavy (non-hydrogen) atoms. The SMILES string of the molecule is CS(=O)(=O)CCN1CCC(Nc2ccc(C#N)cn2)CC1. The first kappa shape index (κ1) is 15.7. The highest BCUT2D eigenvalue weighted by atomic mass is 32.2. The van der Waals surface area contributed by atoms with Crippen molar-refractivity contribution in [2.24, 2.45) is 0 Å². The van der Waals surface area contributed by atoms with Crippen molar-refractivity contribution >= 4 is 15.7 Å². The minimum absolute atomic E-state index is 0.224. The van der Waals surface area contributed by atoms with Gasteiger partial charge in [0.05, 0.1) is 11.3 Å². The first-order chi connectivity index (χ1) is 9.96. The third-order valence-electron chi connectivity index (χ3n) is 3.61. The number of piperidine rings is 1. The van der Waals surface area contributed by atoms with Crippen LogP contribution in [0.25, 0.3) is 0 Å². The minimum atomic E-state index is -2.89. The van der Waals surface area contributed by atoms with Crippen molar-refractivity contribution < 1.29 is 8.42 Å². The maximum absolute atomic E-state index is 11.2. The Morgan fingerprint density at radius 1 is 1.43 bits per heavy atom. The Hall–Kier alpha value is -1.65. The summed E-state index contributed by atoms with van der Waals surface area (Å²) in [4.78, 5) is 6.39. The van der Waals surface area contributed by atoms with Gasteiger partial charge in [-0.2, -0.15) is 5.26 Å². The molecule has 1 aromatic rings. The number of aromatic nitrogens is 1. The highest BCUT2D eigenvalue weighted by molar-refractivity contribution is 7.90. The molecule has 0 radical (unpaired) electrons. The van der Waals surface area contributed by atoms with Gasteiger partial charge in [0.1, 0.15) is 21.7 Å². The van der Waals surface area contributed by atoms with Gasteiger partial charge in [-0.05, 0) is 25.0 Å². The van der Waals surface area contributed by atoms with Crippen LogP contribution in [0.5, 0.6) is 0 Å². The Morgan fingerprint density at radius 2 is 2.14 bits per heavy atom. The molecule has 7 heteroatoms. The predicted molar refractivity (Wildman–Crippen MR) is 81.7 cm³/mol. The van der Waals surface area contributed by atoms with Crippen LogP contribution >= 0.6 is 0 Å². The second-order valence-electron chi connectivity index (χ2n) is 5.43. The fourth-order valence-corrected chi connectivity index (χ4v) is 2.94. The van der Waals surface area contributed by atoms with Crippen molar-refractivity contribution in [1.82, 2.24) is 9.88 Å². The van der Waals surface area contributed by atoms with Crippen LogP contribution in [0.3, 0.4) is 0 Å². The van der Waals surface area contributed by atoms with Crippen molar-refractivity contribution in [3.05, 3.63) is 23.9 Å². The summed E-state index contributed by atoms with van der Waals surface area (Å²) in [5, 5.41) is 12.1. The normalized spacial score (nSPS) is 17.3. The van der Waals surface area contributed by atoms with E-state index in [-0.39, 0.29) is 5.75 Å². The maximum Gasteiger partial charge on any atom is 0.148 e. The standard InChI is InChI=1S/C14H20N4O2S/c1-21(19,20)9-8-18-6-4-13(5-7-18)17-14-3-2-12(10-15)11-16-14/h2-3,11,13H,4-9H2,1H3,(H,16,17). The Labute approximate surface area is 125 Å². The molecule has 0 saturated carbocycles. The van der Waals surface area contributed by atoms with E-state index in [0.717, 1.165) is 31.7 Å². The third kappa shape index (κ3) is 5.33. The van der Waals surface area contributed by atoms with Crippen molar-refractivity contribution in [2.75, 3.05) is 37.0 Å². The fourth-order valence-electron chi connectivity index (χ4n) is 2.35. The number of rotatable bonds is 5. The van der Waals surface area contributed by atoms with E-state index >= 15 is 0 Å². The second kappa shape index (κ2) is 6.87. The Bertz CT molecular complexity index is 599. The number of hydrogen-bond donors (Lipinski definition) is 1. The Morgan fingerprint density at radius 3 is 2.67 bits per heavy atom. The maximum atomic E-state index is 11.2. The van der Waals surface area contributed by atoms with Crippen LogP contribution < -0.4 is 5.32 Å². The smallest absolute Gasteiger partial charge is 0.148 e. The lowest BCUT2D eigenvalue weighted by Crippen LogP contribution is -2.41. The first-order valence-corrected chi connectivity index (χ1v) is 9.05. The summed E-state index contributed by atoms with van der Waals surface area (Å²) in [5.74, 6) is 1.01. The summed E-state index contributed by atoms with van der Waals surface area (Å²) >= 11 is 0. The lowest BCUT2D eigenvalue weighted by Gasteiger charge is -2.32. The molecule has 0 bridgehead atoms. The number of nitrogens with one attached hydrogen (secondary N) is 1. The van der Waals surface area contributed by atoms with Crippen LogP contribution in [0.2, 0.25) is 0 Å². The van der Waals surface area contributed by atoms with Crippen LogP contribution in [0.1, 0.15) is 18.4 Å². The first-order valence-electron chi connectivity index (χ1n) is 6.99. The summed E-state index contributed by atoms with van der Waals surface area (Å²) in [6.45, 7) is 2.40. The minimum Gasteiger partial charge on any atom is -0.367 e. The predicted octanol–water partition coefficient (Wildman–Crippen LogP) is 0.874. The van der Waals surface area contributed by atoms with Gasteiger partial charge in [0.25, 0.3) is 0 Å². The molecular weight excluding hydrogens is 288 g/mol. The summed E-state index contributed by atoms with van der Waals surface area (Å²) in [7, 11) is -2.89. The molecule has 2 rings (SSSR count). The molecule has 0 unspecified atom stereocenters. The molecule has 6 nitrogen and oxygen atoms in total. The molecule has 1 aliphatic heterocycles. The third-order valence-corrected chi connectivity index (χ3v) is 4.53. The van der Waals surface area contributed by atoms with Crippen LogP contribution in [-0.2, 0) is 9.84 Å². The number of sulfone groups is 1. The highest BCUT2D eigenvalue weighted by Crippen LogP contribution is 2.15. The van der Waals surface area contributed by atoms with Crippen LogP contribution in [0.4, 0.5) is 5.82 Å². The number of likely N-dealkylation sites (tertiary alicyclic amines) is 1. The molecule has 1 aromatic heterocycles. The van der Waals surface area contributed by atoms with Gasteiger partial charge < -0.3 is 10.2 Å². The molecule has 0 atom stereocenters. The van der Waals surface area contributed by atoms with Crippen LogP contribution in [-0.4, -0.2) is 56.0 Å². The quantitative estimate of drug-likeness (QED) is 0.869. The molecule has 0 aliphatic carbocycles. The van der Waals surface area contributed by atoms with E-state index in [2.05, 4.69) is 15.2 Å². The van der Waals surface area contributed by atoms with E-state index in [1.54, 1.807) is 12.3 Å². The largest absolute Gasteiger partial charge is 0.367 e. The summed E-state index contributed by atoms with van der Waals surface area (Å²) in [6.07, 6.45) is 4.76. The Kier molecular flexibility index (Phi) is 5.15. The van der Waals surface area contributed by atoms with Crippen molar-refractivity contribution in [3.8, 4) is 6.07 Å². The summed E-state index contributed by atoms with van der Waals surface area (Å²) < 4.78 is 22.3. The van der Waals surface area contributed by atoms with Crippen molar-refractivity contribution in [3.63, 3.8) is 0 Å². The molecule has 1 aliphatic rings. The molecule has 0 aromatic carbocycles. The molecule has 2 heterocycles. The zero-order valence-electron chi connectivity index (χ0n) is 12.1. The lowest BCUT2D eigenvalue weighted by atomic mass is 10.1. The molecule has 1 saturated heterocycles. The molecule has 114 valence electrons. The van der Waals surface area contributed by atoms with E-state index < -0.39 is 9.84 Å². The molecule has 0 spiro atoms. The van der Waals surface area contributed by atoms with Gasteiger partial charge in [-0.1, -0.05) is 0 Å². The van der Waals surface area contributed by atoms with Gasteiger partial charge in [0, 0.05) is 38.1 Å². The average Bonchev–Trinajstić information content (AvgIpc) is 2.46. The Balaban J connectivity index is 1.77. The van der Waals surface area contributed by atoms with Crippen molar-refractivity contribution in [1.29, 1.82) is 5.26 Å². The average molecular weight is 308 g/mol. The van der Waals surface area contributed by atoms with Gasteiger partial charge in [-0.3, -0.25) is 0 Å². The highest BCUT2D eigenvalue weighted by Gasteiger charge is 2.20. The number of hydrogen-bond acceptors (Lipinski definition) is 6. The zero-order chi connectivity index (χ0) is 15.3. The lowest BCUT2D eigenvalue weighted by molar-refractivity contribution is 0.230. The van der Waals surface area contributed by atoms with Crippen LogP contribution in [0, 0.1) is 11.3 Å². The molecule has 1 fully saturated rings. The van der Waals surface area contributed by atoms with Gasteiger partial charge in [-0.15, -0.1) is 0 Å². The summed E-state index contributed by atoms with van der Waals surface area (Å²) in [6, 6.07) is 5.95. The molecule has 1 N–H and O–H groups in total. The zero-order valence-corrected chi connectivity index (χ0v) is 12.9. The van der Waals surface area contributed by atoms with E-state index in [1.807, 2.05) is 12.1 Å². The molecule has 0 amide bonds. The van der Waals surface area contributed by atoms with E-state index in [1.165, 1.54) is 6.26 Å². The van der Waals surface area contributed by atoms with Gasteiger partial charge in [0.2, 0.25) is 0 Å². The monoisotopic (exact) mass is 308 g/mol. The number of nitrogens with zero attached hydrogens (tertiary/aromatic N) is 3. The van der Waals surface area contributed by atoms with Gasteiger partial charge >= 0.3 is 0 Å². The number of anilines is 1. The van der Waals surface area contributed by atoms with Gasteiger partial charge in [0.15, 0.2) is 0 Å². The van der Waals surface area contributed by atoms with Gasteiger partial charge in [-0.25, -0.2) is 13.4 Å². The second-order valence-corrected chi connectivity index (χ2v) is 7.69. The van der Waals surface area contributed by atoms with Crippen molar-refractivity contribution in [2.45, 2.75) is 18.9 Å². The fraction of sp³-hybridized carbons (Fsp3) is 0.571.